The van der Waals surface area contributed by atoms with E-state index in [2.05, 4.69) is 30.3 Å². The summed E-state index contributed by atoms with van der Waals surface area (Å²) in [5.74, 6) is 1.29. The Bertz CT molecular complexity index is 447. The van der Waals surface area contributed by atoms with Crippen molar-refractivity contribution in [3.05, 3.63) is 23.2 Å². The lowest BCUT2D eigenvalue weighted by Gasteiger charge is -2.03. The summed E-state index contributed by atoms with van der Waals surface area (Å²) in [7, 11) is 1.66. The van der Waals surface area contributed by atoms with Gasteiger partial charge in [0, 0.05) is 11.6 Å². The van der Waals surface area contributed by atoms with Gasteiger partial charge in [-0.15, -0.1) is 11.3 Å². The van der Waals surface area contributed by atoms with Gasteiger partial charge in [0.2, 0.25) is 5.88 Å². The van der Waals surface area contributed by atoms with Gasteiger partial charge in [0.15, 0.2) is 0 Å². The van der Waals surface area contributed by atoms with Gasteiger partial charge in [-0.2, -0.15) is 0 Å². The van der Waals surface area contributed by atoms with Gasteiger partial charge in [-0.3, -0.25) is 0 Å². The van der Waals surface area contributed by atoms with Gasteiger partial charge in [-0.05, 0) is 22.9 Å². The fraction of sp³-hybridized carbons (Fsp3) is 0.364. The Morgan fingerprint density at radius 2 is 2.21 bits per heavy atom. The van der Waals surface area contributed by atoms with E-state index in [0.717, 1.165) is 10.6 Å². The molecule has 74 valence electrons. The van der Waals surface area contributed by atoms with Crippen LogP contribution in [0, 0.1) is 0 Å². The lowest BCUT2D eigenvalue weighted by Crippen LogP contribution is -1.88. The first-order chi connectivity index (χ1) is 6.74. The summed E-state index contributed by atoms with van der Waals surface area (Å²) in [6.07, 6.45) is 1.81. The van der Waals surface area contributed by atoms with E-state index in [1.807, 2.05) is 0 Å². The molecular weight excluding hydrogens is 194 g/mol. The number of pyridine rings is 1. The van der Waals surface area contributed by atoms with Gasteiger partial charge >= 0.3 is 0 Å². The van der Waals surface area contributed by atoms with E-state index in [9.17, 15) is 0 Å². The maximum absolute atomic E-state index is 5.22. The second kappa shape index (κ2) is 3.58. The number of hydrogen-bond donors (Lipinski definition) is 0. The van der Waals surface area contributed by atoms with Crippen molar-refractivity contribution in [2.45, 2.75) is 19.8 Å². The van der Waals surface area contributed by atoms with Crippen molar-refractivity contribution >= 4 is 21.4 Å². The summed E-state index contributed by atoms with van der Waals surface area (Å²) >= 11 is 1.71. The zero-order chi connectivity index (χ0) is 10.1. The molecule has 0 aliphatic carbocycles. The summed E-state index contributed by atoms with van der Waals surface area (Å²) in [5, 5.41) is 3.47. The minimum Gasteiger partial charge on any atom is -0.480 e. The fourth-order valence-electron chi connectivity index (χ4n) is 1.55. The van der Waals surface area contributed by atoms with Crippen molar-refractivity contribution in [2.24, 2.45) is 0 Å². The highest BCUT2D eigenvalue weighted by Crippen LogP contribution is 2.35. The van der Waals surface area contributed by atoms with E-state index in [0.29, 0.717) is 5.92 Å². The highest BCUT2D eigenvalue weighted by molar-refractivity contribution is 7.17. The SMILES string of the molecule is COc1nccc2c(C(C)C)csc12. The topological polar surface area (TPSA) is 22.1 Å². The number of ether oxygens (including phenoxy) is 1. The van der Waals surface area contributed by atoms with Crippen molar-refractivity contribution in [3.63, 3.8) is 0 Å². The minimum atomic E-state index is 0.552. The molecule has 0 aromatic carbocycles. The molecule has 0 radical (unpaired) electrons. The van der Waals surface area contributed by atoms with E-state index in [1.165, 1.54) is 10.9 Å². The van der Waals surface area contributed by atoms with Crippen molar-refractivity contribution in [2.75, 3.05) is 7.11 Å². The summed E-state index contributed by atoms with van der Waals surface area (Å²) in [5.41, 5.74) is 1.38. The van der Waals surface area contributed by atoms with Gasteiger partial charge in [0.05, 0.1) is 11.8 Å². The van der Waals surface area contributed by atoms with Crippen LogP contribution in [0.4, 0.5) is 0 Å². The van der Waals surface area contributed by atoms with Gasteiger partial charge in [0.25, 0.3) is 0 Å². The van der Waals surface area contributed by atoms with Crippen LogP contribution in [0.5, 0.6) is 5.88 Å². The maximum Gasteiger partial charge on any atom is 0.231 e. The monoisotopic (exact) mass is 207 g/mol. The van der Waals surface area contributed by atoms with Crippen LogP contribution in [-0.2, 0) is 0 Å². The predicted octanol–water partition coefficient (Wildman–Crippen LogP) is 3.43. The highest BCUT2D eigenvalue weighted by atomic mass is 32.1. The third kappa shape index (κ3) is 1.38. The van der Waals surface area contributed by atoms with E-state index >= 15 is 0 Å². The third-order valence-corrected chi connectivity index (χ3v) is 3.30. The summed E-state index contributed by atoms with van der Waals surface area (Å²) in [6, 6.07) is 2.06. The van der Waals surface area contributed by atoms with Crippen LogP contribution in [0.3, 0.4) is 0 Å². The van der Waals surface area contributed by atoms with Gasteiger partial charge in [-0.1, -0.05) is 13.8 Å². The average molecular weight is 207 g/mol. The molecule has 3 heteroatoms. The lowest BCUT2D eigenvalue weighted by molar-refractivity contribution is 0.404. The van der Waals surface area contributed by atoms with Gasteiger partial charge in [0.1, 0.15) is 0 Å². The number of hydrogen-bond acceptors (Lipinski definition) is 3. The standard InChI is InChI=1S/C11H13NOS/c1-7(2)9-6-14-10-8(9)4-5-12-11(10)13-3/h4-7H,1-3H3. The largest absolute Gasteiger partial charge is 0.480 e. The summed E-state index contributed by atoms with van der Waals surface area (Å²) in [4.78, 5) is 4.19. The van der Waals surface area contributed by atoms with Crippen LogP contribution < -0.4 is 4.74 Å². The maximum atomic E-state index is 5.22. The van der Waals surface area contributed by atoms with Crippen LogP contribution in [0.1, 0.15) is 25.3 Å². The molecule has 0 aliphatic heterocycles. The van der Waals surface area contributed by atoms with Crippen molar-refractivity contribution in [1.29, 1.82) is 0 Å². The highest BCUT2D eigenvalue weighted by Gasteiger charge is 2.11. The number of nitrogens with zero attached hydrogens (tertiary/aromatic N) is 1. The van der Waals surface area contributed by atoms with Crippen LogP contribution >= 0.6 is 11.3 Å². The Hall–Kier alpha value is -1.09. The fourth-order valence-corrected chi connectivity index (χ4v) is 2.74. The first-order valence-corrected chi connectivity index (χ1v) is 5.52. The minimum absolute atomic E-state index is 0.552. The molecule has 0 spiro atoms. The molecule has 2 nitrogen and oxygen atoms in total. The lowest BCUT2D eigenvalue weighted by atomic mass is 10.0. The van der Waals surface area contributed by atoms with Crippen molar-refractivity contribution in [1.82, 2.24) is 4.98 Å². The number of fused-ring (bicyclic) bond motifs is 1. The number of methoxy groups -OCH3 is 1. The zero-order valence-electron chi connectivity index (χ0n) is 8.57. The van der Waals surface area contributed by atoms with Gasteiger partial charge < -0.3 is 4.74 Å². The number of aromatic nitrogens is 1. The van der Waals surface area contributed by atoms with Crippen LogP contribution in [0.15, 0.2) is 17.6 Å². The number of rotatable bonds is 2. The van der Waals surface area contributed by atoms with E-state index in [4.69, 9.17) is 4.74 Å². The second-order valence-electron chi connectivity index (χ2n) is 3.54. The van der Waals surface area contributed by atoms with E-state index < -0.39 is 0 Å². The average Bonchev–Trinajstić information content (AvgIpc) is 2.60. The molecule has 0 aliphatic rings. The second-order valence-corrected chi connectivity index (χ2v) is 4.42. The predicted molar refractivity (Wildman–Crippen MR) is 60.3 cm³/mol. The Morgan fingerprint density at radius 3 is 2.86 bits per heavy atom. The zero-order valence-corrected chi connectivity index (χ0v) is 9.39. The van der Waals surface area contributed by atoms with Crippen molar-refractivity contribution in [3.8, 4) is 5.88 Å². The molecule has 14 heavy (non-hydrogen) atoms. The normalized spacial score (nSPS) is 11.1. The quantitative estimate of drug-likeness (QED) is 0.752. The Balaban J connectivity index is 2.69. The number of thiophene rings is 1. The smallest absolute Gasteiger partial charge is 0.231 e. The molecule has 2 aromatic heterocycles. The molecule has 2 heterocycles. The molecule has 0 N–H and O–H groups in total. The molecule has 0 amide bonds. The van der Waals surface area contributed by atoms with Crippen LogP contribution in [0.25, 0.3) is 10.1 Å². The third-order valence-electron chi connectivity index (χ3n) is 2.30. The Labute approximate surface area is 87.5 Å². The molecule has 0 saturated heterocycles. The van der Waals surface area contributed by atoms with E-state index in [-0.39, 0.29) is 0 Å². The molecule has 0 unspecified atom stereocenters. The van der Waals surface area contributed by atoms with Crippen LogP contribution in [0.2, 0.25) is 0 Å². The van der Waals surface area contributed by atoms with E-state index in [1.54, 1.807) is 24.6 Å². The summed E-state index contributed by atoms with van der Waals surface area (Å²) in [6.45, 7) is 4.41. The first kappa shape index (κ1) is 9.46. The molecule has 0 bridgehead atoms. The van der Waals surface area contributed by atoms with Crippen molar-refractivity contribution < 1.29 is 4.74 Å². The first-order valence-electron chi connectivity index (χ1n) is 4.64. The molecule has 0 fully saturated rings. The molecule has 2 rings (SSSR count). The molecule has 0 atom stereocenters. The Morgan fingerprint density at radius 1 is 1.43 bits per heavy atom. The Kier molecular flexibility index (Phi) is 2.42. The molecule has 0 saturated carbocycles. The molecular formula is C11H13NOS. The van der Waals surface area contributed by atoms with Gasteiger partial charge in [-0.25, -0.2) is 4.98 Å². The van der Waals surface area contributed by atoms with Crippen LogP contribution in [-0.4, -0.2) is 12.1 Å². The summed E-state index contributed by atoms with van der Waals surface area (Å²) < 4.78 is 6.37. The molecule has 2 aromatic rings.